The van der Waals surface area contributed by atoms with E-state index in [2.05, 4.69) is 10.3 Å². The molecule has 1 amide bonds. The van der Waals surface area contributed by atoms with Crippen molar-refractivity contribution < 1.29 is 30.8 Å². The highest BCUT2D eigenvalue weighted by molar-refractivity contribution is 7.89. The number of sulfonamides is 1. The number of amides is 1. The van der Waals surface area contributed by atoms with Crippen molar-refractivity contribution in [2.75, 3.05) is 6.54 Å². The molecule has 6 nitrogen and oxygen atoms in total. The van der Waals surface area contributed by atoms with E-state index < -0.39 is 46.1 Å². The summed E-state index contributed by atoms with van der Waals surface area (Å²) in [6.45, 7) is 2.86. The van der Waals surface area contributed by atoms with Gasteiger partial charge in [0.1, 0.15) is 5.82 Å². The lowest BCUT2D eigenvalue weighted by Gasteiger charge is -2.25. The molecule has 0 unspecified atom stereocenters. The smallest absolute Gasteiger partial charge is 0.351 e. The Morgan fingerprint density at radius 3 is 2.31 bits per heavy atom. The largest absolute Gasteiger partial charge is 0.417 e. The number of halogens is 4. The van der Waals surface area contributed by atoms with Crippen molar-refractivity contribution in [3.8, 4) is 11.3 Å². The van der Waals surface area contributed by atoms with E-state index >= 15 is 0 Å². The van der Waals surface area contributed by atoms with E-state index in [9.17, 15) is 30.8 Å². The van der Waals surface area contributed by atoms with Gasteiger partial charge in [-0.2, -0.15) is 17.5 Å². The highest BCUT2D eigenvalue weighted by Gasteiger charge is 2.31. The summed E-state index contributed by atoms with van der Waals surface area (Å²) in [5.74, 6) is -1.13. The number of benzene rings is 2. The zero-order chi connectivity index (χ0) is 25.8. The summed E-state index contributed by atoms with van der Waals surface area (Å²) < 4.78 is 78.3. The first kappa shape index (κ1) is 26.3. The van der Waals surface area contributed by atoms with Crippen LogP contribution in [0.25, 0.3) is 11.3 Å². The van der Waals surface area contributed by atoms with Crippen LogP contribution >= 0.6 is 0 Å². The van der Waals surface area contributed by atoms with E-state index in [1.54, 1.807) is 38.1 Å². The van der Waals surface area contributed by atoms with Crippen LogP contribution in [0.15, 0.2) is 71.8 Å². The first-order valence-corrected chi connectivity index (χ1v) is 12.0. The fourth-order valence-corrected chi connectivity index (χ4v) is 4.85. The number of aromatic nitrogens is 1. The third kappa shape index (κ3) is 6.64. The maximum absolute atomic E-state index is 13.2. The van der Waals surface area contributed by atoms with E-state index in [4.69, 9.17) is 0 Å². The number of hydrogen-bond acceptors (Lipinski definition) is 4. The van der Waals surface area contributed by atoms with Crippen LogP contribution in [-0.2, 0) is 27.5 Å². The molecule has 3 aromatic rings. The highest BCUT2D eigenvalue weighted by Crippen LogP contribution is 2.30. The van der Waals surface area contributed by atoms with E-state index in [-0.39, 0.29) is 11.4 Å². The second-order valence-electron chi connectivity index (χ2n) is 8.00. The molecule has 1 heterocycles. The van der Waals surface area contributed by atoms with Gasteiger partial charge in [-0.25, -0.2) is 12.8 Å². The number of nitrogens with zero attached hydrogens (tertiary/aromatic N) is 2. The van der Waals surface area contributed by atoms with E-state index in [0.717, 1.165) is 40.8 Å². The van der Waals surface area contributed by atoms with Crippen molar-refractivity contribution in [2.24, 2.45) is 0 Å². The zero-order valence-corrected chi connectivity index (χ0v) is 19.7. The van der Waals surface area contributed by atoms with Gasteiger partial charge in [0, 0.05) is 24.3 Å². The first-order valence-electron chi connectivity index (χ1n) is 10.5. The second kappa shape index (κ2) is 10.5. The van der Waals surface area contributed by atoms with Crippen molar-refractivity contribution in [2.45, 2.75) is 37.5 Å². The lowest BCUT2D eigenvalue weighted by atomic mass is 10.1. The van der Waals surface area contributed by atoms with Gasteiger partial charge in [0.25, 0.3) is 0 Å². The lowest BCUT2D eigenvalue weighted by molar-refractivity contribution is -0.137. The molecule has 0 aliphatic rings. The topological polar surface area (TPSA) is 79.4 Å². The summed E-state index contributed by atoms with van der Waals surface area (Å²) in [4.78, 5) is 16.3. The lowest BCUT2D eigenvalue weighted by Crippen LogP contribution is -2.44. The molecule has 1 aromatic heterocycles. The molecule has 0 saturated carbocycles. The minimum atomic E-state index is -4.48. The van der Waals surface area contributed by atoms with Crippen molar-refractivity contribution in [3.63, 3.8) is 0 Å². The third-order valence-corrected chi connectivity index (χ3v) is 7.13. The molecule has 35 heavy (non-hydrogen) atoms. The molecule has 0 aliphatic carbocycles. The van der Waals surface area contributed by atoms with Crippen LogP contribution in [0.5, 0.6) is 0 Å². The van der Waals surface area contributed by atoms with E-state index in [1.807, 2.05) is 0 Å². The van der Waals surface area contributed by atoms with Crippen LogP contribution in [0.4, 0.5) is 17.6 Å². The summed E-state index contributed by atoms with van der Waals surface area (Å²) in [5, 5.41) is 2.65. The average Bonchev–Trinajstić information content (AvgIpc) is 2.81. The van der Waals surface area contributed by atoms with Crippen molar-refractivity contribution in [1.29, 1.82) is 0 Å². The van der Waals surface area contributed by atoms with Gasteiger partial charge in [-0.15, -0.1) is 0 Å². The SMILES string of the molecule is CC(C)N(CC(=O)NCc1cccc(-c2ccc(C(F)(F)F)cn2)c1)S(=O)(=O)c1ccc(F)cc1. The van der Waals surface area contributed by atoms with Crippen LogP contribution < -0.4 is 5.32 Å². The Balaban J connectivity index is 1.68. The third-order valence-electron chi connectivity index (χ3n) is 5.10. The quantitative estimate of drug-likeness (QED) is 0.450. The number of carbonyl (C=O) groups is 1. The maximum atomic E-state index is 13.2. The molecule has 11 heteroatoms. The Labute approximate surface area is 200 Å². The normalized spacial score (nSPS) is 12.2. The van der Waals surface area contributed by atoms with Gasteiger partial charge in [0.2, 0.25) is 15.9 Å². The van der Waals surface area contributed by atoms with Crippen LogP contribution in [0, 0.1) is 5.82 Å². The van der Waals surface area contributed by atoms with Gasteiger partial charge in [-0.3, -0.25) is 9.78 Å². The molecular weight excluding hydrogens is 486 g/mol. The second-order valence-corrected chi connectivity index (χ2v) is 9.90. The standard InChI is InChI=1S/C24H23F4N3O3S/c1-16(2)31(35(33,34)21-9-7-20(25)8-10-21)15-23(32)30-13-17-4-3-5-18(12-17)22-11-6-19(14-29-22)24(26,27)28/h3-12,14,16H,13,15H2,1-2H3,(H,30,32). The summed E-state index contributed by atoms with van der Waals surface area (Å²) in [6, 6.07) is 12.7. The van der Waals surface area contributed by atoms with Gasteiger partial charge in [-0.05, 0) is 61.9 Å². The summed E-state index contributed by atoms with van der Waals surface area (Å²) in [5.41, 5.74) is 0.695. The van der Waals surface area contributed by atoms with Gasteiger partial charge < -0.3 is 5.32 Å². The minimum Gasteiger partial charge on any atom is -0.351 e. The molecule has 0 radical (unpaired) electrons. The molecule has 0 atom stereocenters. The number of carbonyl (C=O) groups excluding carboxylic acids is 1. The summed E-state index contributed by atoms with van der Waals surface area (Å²) in [6.07, 6.45) is -3.72. The summed E-state index contributed by atoms with van der Waals surface area (Å²) in [7, 11) is -4.03. The summed E-state index contributed by atoms with van der Waals surface area (Å²) >= 11 is 0. The van der Waals surface area contributed by atoms with Crippen molar-refractivity contribution >= 4 is 15.9 Å². The zero-order valence-electron chi connectivity index (χ0n) is 18.9. The van der Waals surface area contributed by atoms with E-state index in [1.165, 1.54) is 6.07 Å². The first-order chi connectivity index (χ1) is 16.4. The Bertz CT molecular complexity index is 1280. The predicted octanol–water partition coefficient (Wildman–Crippen LogP) is 4.62. The maximum Gasteiger partial charge on any atom is 0.417 e. The van der Waals surface area contributed by atoms with E-state index in [0.29, 0.717) is 16.8 Å². The van der Waals surface area contributed by atoms with Crippen LogP contribution in [-0.4, -0.2) is 36.2 Å². The average molecular weight is 510 g/mol. The van der Waals surface area contributed by atoms with Gasteiger partial charge >= 0.3 is 6.18 Å². The fraction of sp³-hybridized carbons (Fsp3) is 0.250. The number of hydrogen-bond donors (Lipinski definition) is 1. The van der Waals surface area contributed by atoms with Crippen molar-refractivity contribution in [1.82, 2.24) is 14.6 Å². The number of nitrogens with one attached hydrogen (secondary N) is 1. The molecule has 3 rings (SSSR count). The van der Waals surface area contributed by atoms with Crippen LogP contribution in [0.1, 0.15) is 25.0 Å². The molecule has 0 saturated heterocycles. The molecular formula is C24H23F4N3O3S. The number of alkyl halides is 3. The van der Waals surface area contributed by atoms with Gasteiger partial charge in [-0.1, -0.05) is 18.2 Å². The van der Waals surface area contributed by atoms with Crippen LogP contribution in [0.2, 0.25) is 0 Å². The molecule has 0 spiro atoms. The van der Waals surface area contributed by atoms with Gasteiger partial charge in [0.05, 0.1) is 22.7 Å². The highest BCUT2D eigenvalue weighted by atomic mass is 32.2. The molecule has 0 aliphatic heterocycles. The Kier molecular flexibility index (Phi) is 7.91. The molecule has 0 fully saturated rings. The molecule has 186 valence electrons. The van der Waals surface area contributed by atoms with Gasteiger partial charge in [0.15, 0.2) is 0 Å². The molecule has 0 bridgehead atoms. The minimum absolute atomic E-state index is 0.0653. The fourth-order valence-electron chi connectivity index (χ4n) is 3.26. The predicted molar refractivity (Wildman–Crippen MR) is 122 cm³/mol. The monoisotopic (exact) mass is 509 g/mol. The number of pyridine rings is 1. The Morgan fingerprint density at radius 1 is 1.06 bits per heavy atom. The molecule has 1 N–H and O–H groups in total. The Morgan fingerprint density at radius 2 is 1.74 bits per heavy atom. The number of rotatable bonds is 8. The van der Waals surface area contributed by atoms with Crippen molar-refractivity contribution in [3.05, 3.63) is 83.8 Å². The Hall–Kier alpha value is -3.31. The van der Waals surface area contributed by atoms with Crippen LogP contribution in [0.3, 0.4) is 0 Å². The molecule has 2 aromatic carbocycles.